The standard InChI is InChI=1S/C11H10F3NO/c1-2-3-10-15-8-6-7(11(12,13)14)4-5-9(8)16-10/h4-6H,2-3H2,1H3. The van der Waals surface area contributed by atoms with Crippen LogP contribution < -0.4 is 0 Å². The lowest BCUT2D eigenvalue weighted by atomic mass is 10.2. The Kier molecular flexibility index (Phi) is 2.61. The summed E-state index contributed by atoms with van der Waals surface area (Å²) in [5.74, 6) is 0.483. The van der Waals surface area contributed by atoms with Crippen molar-refractivity contribution in [3.8, 4) is 0 Å². The molecular weight excluding hydrogens is 219 g/mol. The van der Waals surface area contributed by atoms with Gasteiger partial charge in [-0.2, -0.15) is 13.2 Å². The molecule has 0 amide bonds. The molecule has 0 aliphatic rings. The van der Waals surface area contributed by atoms with E-state index in [-0.39, 0.29) is 5.52 Å². The number of alkyl halides is 3. The SMILES string of the molecule is CCCc1nc2cc(C(F)(F)F)ccc2o1. The van der Waals surface area contributed by atoms with Crippen molar-refractivity contribution in [3.63, 3.8) is 0 Å². The zero-order valence-corrected chi connectivity index (χ0v) is 8.64. The molecule has 0 saturated heterocycles. The maximum absolute atomic E-state index is 12.4. The summed E-state index contributed by atoms with van der Waals surface area (Å²) in [5, 5.41) is 0. The molecule has 0 saturated carbocycles. The molecule has 5 heteroatoms. The van der Waals surface area contributed by atoms with Gasteiger partial charge in [0.1, 0.15) is 5.52 Å². The van der Waals surface area contributed by atoms with E-state index < -0.39 is 11.7 Å². The van der Waals surface area contributed by atoms with Crippen molar-refractivity contribution in [2.24, 2.45) is 0 Å². The summed E-state index contributed by atoms with van der Waals surface area (Å²) in [5.41, 5.74) is -0.0360. The second-order valence-corrected chi connectivity index (χ2v) is 3.54. The Balaban J connectivity index is 2.46. The van der Waals surface area contributed by atoms with Crippen molar-refractivity contribution >= 4 is 11.1 Å². The Morgan fingerprint density at radius 2 is 2.06 bits per heavy atom. The summed E-state index contributed by atoms with van der Waals surface area (Å²) < 4.78 is 42.5. The van der Waals surface area contributed by atoms with Crippen LogP contribution in [-0.4, -0.2) is 4.98 Å². The van der Waals surface area contributed by atoms with E-state index in [2.05, 4.69) is 4.98 Å². The van der Waals surface area contributed by atoms with E-state index in [1.54, 1.807) is 0 Å². The van der Waals surface area contributed by atoms with E-state index >= 15 is 0 Å². The van der Waals surface area contributed by atoms with E-state index in [0.29, 0.717) is 17.9 Å². The van der Waals surface area contributed by atoms with Crippen LogP contribution in [0.2, 0.25) is 0 Å². The van der Waals surface area contributed by atoms with Crippen LogP contribution in [-0.2, 0) is 12.6 Å². The number of hydrogen-bond acceptors (Lipinski definition) is 2. The maximum atomic E-state index is 12.4. The lowest BCUT2D eigenvalue weighted by Crippen LogP contribution is -2.03. The normalized spacial score (nSPS) is 12.2. The number of oxazole rings is 1. The van der Waals surface area contributed by atoms with Gasteiger partial charge in [0.25, 0.3) is 0 Å². The maximum Gasteiger partial charge on any atom is 0.416 e. The molecule has 2 nitrogen and oxygen atoms in total. The van der Waals surface area contributed by atoms with Crippen molar-refractivity contribution in [1.29, 1.82) is 0 Å². The third-order valence-corrected chi connectivity index (χ3v) is 2.22. The Bertz CT molecular complexity index is 501. The van der Waals surface area contributed by atoms with Gasteiger partial charge in [-0.1, -0.05) is 6.92 Å². The number of rotatable bonds is 2. The van der Waals surface area contributed by atoms with Crippen LogP contribution in [0.25, 0.3) is 11.1 Å². The van der Waals surface area contributed by atoms with E-state index in [1.165, 1.54) is 6.07 Å². The molecule has 0 fully saturated rings. The molecule has 0 atom stereocenters. The smallest absolute Gasteiger partial charge is 0.416 e. The molecule has 1 heterocycles. The molecule has 0 bridgehead atoms. The monoisotopic (exact) mass is 229 g/mol. The highest BCUT2D eigenvalue weighted by molar-refractivity contribution is 5.73. The molecule has 0 radical (unpaired) electrons. The van der Waals surface area contributed by atoms with Gasteiger partial charge < -0.3 is 4.42 Å². The van der Waals surface area contributed by atoms with Crippen LogP contribution in [0, 0.1) is 0 Å². The molecule has 1 aromatic heterocycles. The van der Waals surface area contributed by atoms with Gasteiger partial charge in [-0.25, -0.2) is 4.98 Å². The molecular formula is C11H10F3NO. The lowest BCUT2D eigenvalue weighted by Gasteiger charge is -2.04. The van der Waals surface area contributed by atoms with Gasteiger partial charge in [0.05, 0.1) is 5.56 Å². The number of nitrogens with zero attached hydrogens (tertiary/aromatic N) is 1. The highest BCUT2D eigenvalue weighted by atomic mass is 19.4. The van der Waals surface area contributed by atoms with Crippen molar-refractivity contribution in [2.45, 2.75) is 25.9 Å². The minimum atomic E-state index is -4.34. The highest BCUT2D eigenvalue weighted by Crippen LogP contribution is 2.31. The summed E-state index contributed by atoms with van der Waals surface area (Å²) in [4.78, 5) is 4.01. The topological polar surface area (TPSA) is 26.0 Å². The number of aromatic nitrogens is 1. The Morgan fingerprint density at radius 3 is 2.69 bits per heavy atom. The quantitative estimate of drug-likeness (QED) is 0.782. The molecule has 1 aromatic carbocycles. The first-order chi connectivity index (χ1) is 7.50. The molecule has 0 aliphatic heterocycles. The molecule has 2 aromatic rings. The lowest BCUT2D eigenvalue weighted by molar-refractivity contribution is -0.137. The minimum Gasteiger partial charge on any atom is -0.441 e. The van der Waals surface area contributed by atoms with Gasteiger partial charge in [-0.05, 0) is 24.6 Å². The van der Waals surface area contributed by atoms with Gasteiger partial charge in [0, 0.05) is 6.42 Å². The van der Waals surface area contributed by atoms with Crippen molar-refractivity contribution in [3.05, 3.63) is 29.7 Å². The number of aryl methyl sites for hydroxylation is 1. The fourth-order valence-electron chi connectivity index (χ4n) is 1.47. The Hall–Kier alpha value is -1.52. The molecule has 0 spiro atoms. The third kappa shape index (κ3) is 2.03. The summed E-state index contributed by atoms with van der Waals surface area (Å²) in [7, 11) is 0. The first-order valence-electron chi connectivity index (χ1n) is 4.97. The van der Waals surface area contributed by atoms with E-state index in [4.69, 9.17) is 4.42 Å². The van der Waals surface area contributed by atoms with Crippen LogP contribution in [0.5, 0.6) is 0 Å². The van der Waals surface area contributed by atoms with E-state index in [9.17, 15) is 13.2 Å². The van der Waals surface area contributed by atoms with Gasteiger partial charge in [0.15, 0.2) is 11.5 Å². The number of halogens is 3. The second-order valence-electron chi connectivity index (χ2n) is 3.54. The second kappa shape index (κ2) is 3.81. The summed E-state index contributed by atoms with van der Waals surface area (Å²) in [6.45, 7) is 1.95. The first-order valence-corrected chi connectivity index (χ1v) is 4.97. The molecule has 0 N–H and O–H groups in total. The Morgan fingerprint density at radius 1 is 1.31 bits per heavy atom. The predicted octanol–water partition coefficient (Wildman–Crippen LogP) is 3.80. The summed E-state index contributed by atoms with van der Waals surface area (Å²) in [6.07, 6.45) is -2.85. The van der Waals surface area contributed by atoms with Gasteiger partial charge in [0.2, 0.25) is 0 Å². The van der Waals surface area contributed by atoms with Crippen molar-refractivity contribution < 1.29 is 17.6 Å². The van der Waals surface area contributed by atoms with Crippen LogP contribution >= 0.6 is 0 Å². The molecule has 16 heavy (non-hydrogen) atoms. The summed E-state index contributed by atoms with van der Waals surface area (Å²) >= 11 is 0. The Labute approximate surface area is 90.1 Å². The van der Waals surface area contributed by atoms with Crippen molar-refractivity contribution in [1.82, 2.24) is 4.98 Å². The van der Waals surface area contributed by atoms with E-state index in [1.807, 2.05) is 6.92 Å². The van der Waals surface area contributed by atoms with Gasteiger partial charge in [-0.3, -0.25) is 0 Å². The average molecular weight is 229 g/mol. The predicted molar refractivity (Wildman–Crippen MR) is 53.0 cm³/mol. The van der Waals surface area contributed by atoms with Gasteiger partial charge >= 0.3 is 6.18 Å². The molecule has 0 aliphatic carbocycles. The number of fused-ring (bicyclic) bond motifs is 1. The zero-order chi connectivity index (χ0) is 11.8. The van der Waals surface area contributed by atoms with Crippen LogP contribution in [0.1, 0.15) is 24.8 Å². The first kappa shape index (κ1) is 11.0. The minimum absolute atomic E-state index is 0.262. The molecule has 86 valence electrons. The zero-order valence-electron chi connectivity index (χ0n) is 8.64. The fraction of sp³-hybridized carbons (Fsp3) is 0.364. The summed E-state index contributed by atoms with van der Waals surface area (Å²) in [6, 6.07) is 3.32. The third-order valence-electron chi connectivity index (χ3n) is 2.22. The average Bonchev–Trinajstić information content (AvgIpc) is 2.57. The van der Waals surface area contributed by atoms with E-state index in [0.717, 1.165) is 18.6 Å². The van der Waals surface area contributed by atoms with Gasteiger partial charge in [-0.15, -0.1) is 0 Å². The van der Waals surface area contributed by atoms with Crippen molar-refractivity contribution in [2.75, 3.05) is 0 Å². The van der Waals surface area contributed by atoms with Crippen LogP contribution in [0.15, 0.2) is 22.6 Å². The largest absolute Gasteiger partial charge is 0.441 e. The highest BCUT2D eigenvalue weighted by Gasteiger charge is 2.30. The number of hydrogen-bond donors (Lipinski definition) is 0. The van der Waals surface area contributed by atoms with Crippen LogP contribution in [0.3, 0.4) is 0 Å². The van der Waals surface area contributed by atoms with Crippen LogP contribution in [0.4, 0.5) is 13.2 Å². The molecule has 0 unspecified atom stereocenters. The fourth-order valence-corrected chi connectivity index (χ4v) is 1.47. The number of benzene rings is 1. The molecule has 2 rings (SSSR count).